The van der Waals surface area contributed by atoms with Gasteiger partial charge in [-0.2, -0.15) is 0 Å². The van der Waals surface area contributed by atoms with E-state index in [4.69, 9.17) is 8.85 Å². The molecule has 7 heteroatoms. The Hall–Kier alpha value is -1.26. The van der Waals surface area contributed by atoms with Gasteiger partial charge in [0.1, 0.15) is 0 Å². The van der Waals surface area contributed by atoms with Crippen LogP contribution in [0.4, 0.5) is 0 Å². The van der Waals surface area contributed by atoms with Crippen LogP contribution in [0.25, 0.3) is 0 Å². The standard InChI is InChI=1S/C50H97NO4Si2/c1-13-15-17-19-21-23-25-27-28-29-30-31-33-35-37-39-41-43-47(53)51-45(44-52)48(55-57(11,12)50(6,7)8)46(54-56(9,10)49(3,4)5)42-40-38-36-34-32-26-24-22-20-18-16-14-2/h21,23,27-28,30-31,35,37,45-46,48,52H,13-20,22,24-26,29,32-34,36,38-44H2,1-12H3,(H,51,53)/b23-21-,28-27-,31-30-,37-35-/t45-,46+,48-/m0/s1. The molecule has 0 saturated carbocycles. The zero-order valence-electron chi connectivity index (χ0n) is 40.0. The van der Waals surface area contributed by atoms with Crippen molar-refractivity contribution in [2.75, 3.05) is 6.61 Å². The average molecular weight is 833 g/mol. The lowest BCUT2D eigenvalue weighted by Gasteiger charge is -2.47. The van der Waals surface area contributed by atoms with Crippen molar-refractivity contribution >= 4 is 22.5 Å². The van der Waals surface area contributed by atoms with E-state index in [1.807, 2.05) is 0 Å². The van der Waals surface area contributed by atoms with E-state index in [0.29, 0.717) is 6.42 Å². The highest BCUT2D eigenvalue weighted by Crippen LogP contribution is 2.41. The van der Waals surface area contributed by atoms with Gasteiger partial charge in [0.05, 0.1) is 24.9 Å². The number of nitrogens with one attached hydrogen (secondary N) is 1. The van der Waals surface area contributed by atoms with Crippen LogP contribution < -0.4 is 5.32 Å². The Balaban J connectivity index is 5.38. The Morgan fingerprint density at radius 3 is 1.39 bits per heavy atom. The molecule has 0 bridgehead atoms. The molecule has 0 fully saturated rings. The molecule has 0 rings (SSSR count). The van der Waals surface area contributed by atoms with E-state index >= 15 is 0 Å². The molecule has 0 unspecified atom stereocenters. The fraction of sp³-hybridized carbons (Fsp3) is 0.820. The van der Waals surface area contributed by atoms with Gasteiger partial charge in [-0.25, -0.2) is 0 Å². The molecular formula is C50H97NO4Si2. The lowest BCUT2D eigenvalue weighted by atomic mass is 9.99. The third-order valence-electron chi connectivity index (χ3n) is 12.4. The summed E-state index contributed by atoms with van der Waals surface area (Å²) < 4.78 is 14.4. The van der Waals surface area contributed by atoms with Gasteiger partial charge < -0.3 is 19.3 Å². The second-order valence-electron chi connectivity index (χ2n) is 19.8. The van der Waals surface area contributed by atoms with E-state index in [1.165, 1.54) is 96.3 Å². The Bertz CT molecular complexity index is 1100. The Morgan fingerprint density at radius 1 is 0.561 bits per heavy atom. The molecule has 0 aromatic rings. The molecule has 1 amide bonds. The number of carbonyl (C=O) groups excluding carboxylic acids is 1. The first-order chi connectivity index (χ1) is 26.9. The molecule has 57 heavy (non-hydrogen) atoms. The third kappa shape index (κ3) is 28.0. The highest BCUT2D eigenvalue weighted by atomic mass is 28.4. The lowest BCUT2D eigenvalue weighted by molar-refractivity contribution is -0.123. The minimum absolute atomic E-state index is 0.0180. The van der Waals surface area contributed by atoms with Crippen molar-refractivity contribution in [3.8, 4) is 0 Å². The molecule has 334 valence electrons. The van der Waals surface area contributed by atoms with E-state index < -0.39 is 28.8 Å². The fourth-order valence-electron chi connectivity index (χ4n) is 6.42. The van der Waals surface area contributed by atoms with E-state index in [9.17, 15) is 9.90 Å². The lowest BCUT2D eigenvalue weighted by Crippen LogP contribution is -2.59. The Kier molecular flexibility index (Phi) is 31.8. The zero-order valence-corrected chi connectivity index (χ0v) is 42.0. The minimum Gasteiger partial charge on any atom is -0.411 e. The van der Waals surface area contributed by atoms with Crippen LogP contribution in [0, 0.1) is 0 Å². The second-order valence-corrected chi connectivity index (χ2v) is 29.3. The Morgan fingerprint density at radius 2 is 0.947 bits per heavy atom. The summed E-state index contributed by atoms with van der Waals surface area (Å²) in [6.07, 6.45) is 43.9. The highest BCUT2D eigenvalue weighted by molar-refractivity contribution is 6.74. The summed E-state index contributed by atoms with van der Waals surface area (Å²) in [5, 5.41) is 14.2. The predicted octanol–water partition coefficient (Wildman–Crippen LogP) is 15.5. The van der Waals surface area contributed by atoms with Crippen molar-refractivity contribution in [3.05, 3.63) is 48.6 Å². The van der Waals surface area contributed by atoms with Crippen LogP contribution >= 0.6 is 0 Å². The van der Waals surface area contributed by atoms with Gasteiger partial charge in [0.15, 0.2) is 16.6 Å². The van der Waals surface area contributed by atoms with Gasteiger partial charge in [-0.1, -0.05) is 194 Å². The number of hydrogen-bond acceptors (Lipinski definition) is 4. The molecular weight excluding hydrogens is 735 g/mol. The fourth-order valence-corrected chi connectivity index (χ4v) is 9.13. The van der Waals surface area contributed by atoms with Gasteiger partial charge in [-0.15, -0.1) is 0 Å². The number of aliphatic hydroxyl groups is 1. The number of aliphatic hydroxyl groups excluding tert-OH is 1. The molecule has 0 radical (unpaired) electrons. The molecule has 5 nitrogen and oxygen atoms in total. The van der Waals surface area contributed by atoms with Gasteiger partial charge >= 0.3 is 0 Å². The van der Waals surface area contributed by atoms with E-state index in [2.05, 4.69) is 136 Å². The number of allylic oxidation sites excluding steroid dienone is 8. The third-order valence-corrected chi connectivity index (χ3v) is 21.3. The van der Waals surface area contributed by atoms with Crippen LogP contribution in [0.1, 0.15) is 203 Å². The quantitative estimate of drug-likeness (QED) is 0.0379. The summed E-state index contributed by atoms with van der Waals surface area (Å²) in [6, 6.07) is -0.518. The molecule has 0 aliphatic rings. The number of carbonyl (C=O) groups is 1. The van der Waals surface area contributed by atoms with Crippen LogP contribution in [-0.4, -0.2) is 52.5 Å². The van der Waals surface area contributed by atoms with Crippen LogP contribution in [0.3, 0.4) is 0 Å². The summed E-state index contributed by atoms with van der Waals surface area (Å²) in [4.78, 5) is 13.4. The van der Waals surface area contributed by atoms with E-state index in [-0.39, 0.29) is 28.7 Å². The van der Waals surface area contributed by atoms with Crippen molar-refractivity contribution in [1.29, 1.82) is 0 Å². The molecule has 3 atom stereocenters. The molecule has 2 N–H and O–H groups in total. The largest absolute Gasteiger partial charge is 0.411 e. The van der Waals surface area contributed by atoms with Crippen LogP contribution in [0.15, 0.2) is 48.6 Å². The molecule has 0 aromatic heterocycles. The smallest absolute Gasteiger partial charge is 0.220 e. The maximum atomic E-state index is 13.4. The zero-order chi connectivity index (χ0) is 43.1. The summed E-state index contributed by atoms with van der Waals surface area (Å²) in [5.74, 6) is -0.0230. The van der Waals surface area contributed by atoms with Crippen molar-refractivity contribution < 1.29 is 18.8 Å². The van der Waals surface area contributed by atoms with Gasteiger partial charge in [0.25, 0.3) is 0 Å². The SMILES string of the molecule is CCCCC/C=C\C/C=C\C/C=C\C/C=C\CCCC(=O)N[C@@H](CO)[C@H](O[Si](C)(C)C(C)(C)C)[C@@H](CCCCCCCCCCCCCC)O[Si](C)(C)C(C)(C)C. The average Bonchev–Trinajstić information content (AvgIpc) is 3.13. The Labute approximate surface area is 358 Å². The number of unbranched alkanes of at least 4 members (excludes halogenated alkanes) is 15. The summed E-state index contributed by atoms with van der Waals surface area (Å²) in [5.41, 5.74) is 0. The predicted molar refractivity (Wildman–Crippen MR) is 257 cm³/mol. The van der Waals surface area contributed by atoms with Crippen molar-refractivity contribution in [2.45, 2.75) is 258 Å². The molecule has 0 heterocycles. The van der Waals surface area contributed by atoms with Gasteiger partial charge in [0, 0.05) is 6.42 Å². The molecule has 0 saturated heterocycles. The highest BCUT2D eigenvalue weighted by Gasteiger charge is 2.46. The van der Waals surface area contributed by atoms with Crippen LogP contribution in [-0.2, 0) is 13.6 Å². The maximum Gasteiger partial charge on any atom is 0.220 e. The number of hydrogen-bond donors (Lipinski definition) is 2. The molecule has 0 aliphatic carbocycles. The first-order valence-electron chi connectivity index (χ1n) is 23.8. The van der Waals surface area contributed by atoms with Crippen LogP contribution in [0.2, 0.25) is 36.3 Å². The minimum atomic E-state index is -2.28. The van der Waals surface area contributed by atoms with Crippen molar-refractivity contribution in [2.24, 2.45) is 0 Å². The van der Waals surface area contributed by atoms with Gasteiger partial charge in [-0.3, -0.25) is 4.79 Å². The van der Waals surface area contributed by atoms with Gasteiger partial charge in [-0.05, 0) is 87.6 Å². The number of rotatable bonds is 35. The van der Waals surface area contributed by atoms with E-state index in [0.717, 1.165) is 44.9 Å². The van der Waals surface area contributed by atoms with Crippen molar-refractivity contribution in [3.63, 3.8) is 0 Å². The normalized spacial score (nSPS) is 15.1. The topological polar surface area (TPSA) is 67.8 Å². The van der Waals surface area contributed by atoms with Crippen molar-refractivity contribution in [1.82, 2.24) is 5.32 Å². The summed E-state index contributed by atoms with van der Waals surface area (Å²) in [7, 11) is -4.47. The monoisotopic (exact) mass is 832 g/mol. The first-order valence-corrected chi connectivity index (χ1v) is 29.6. The number of amides is 1. The molecule has 0 aromatic carbocycles. The maximum absolute atomic E-state index is 13.4. The molecule has 0 spiro atoms. The molecule has 0 aliphatic heterocycles. The second kappa shape index (κ2) is 32.5. The van der Waals surface area contributed by atoms with Crippen LogP contribution in [0.5, 0.6) is 0 Å². The van der Waals surface area contributed by atoms with E-state index in [1.54, 1.807) is 0 Å². The summed E-state index contributed by atoms with van der Waals surface area (Å²) >= 11 is 0. The van der Waals surface area contributed by atoms with Gasteiger partial charge in [0.2, 0.25) is 5.91 Å². The summed E-state index contributed by atoms with van der Waals surface area (Å²) in [6.45, 7) is 27.2. The first kappa shape index (κ1) is 55.7.